The quantitative estimate of drug-likeness (QED) is 0.164. The lowest BCUT2D eigenvalue weighted by Gasteiger charge is -2.61. The zero-order chi connectivity index (χ0) is 49.2. The number of hydrogen-bond acceptors (Lipinski definition) is 2. The molecule has 10 aromatic rings. The third kappa shape index (κ3) is 5.72. The minimum absolute atomic E-state index is 0.00316. The topological polar surface area (TPSA) is 6.48 Å². The number of fused-ring (bicyclic) bond motifs is 11. The van der Waals surface area contributed by atoms with Crippen LogP contribution < -0.4 is 9.80 Å². The standard InChI is InChI=1S/C72H60N2/c1-70(2)62-25-13-11-21-56(62)58-23-15-27-66(68(58)70)73(52-17-7-5-8-18-52)54-31-29-46-40-60-61-41-47-30-32-55(39-49(47)43-65(61)72(64(60)42-48(46)38-54)50-34-44-33-45(36-50)37-51(72)35-44)74(53-19-9-6-10-20-53)67-28-16-24-59-57-22-12-14-26-63(57)71(3,4)69(59)67/h5-32,38-45,50-51H,33-37H2,1-4H3. The Kier molecular flexibility index (Phi) is 8.79. The van der Waals surface area contributed by atoms with Crippen molar-refractivity contribution in [3.05, 3.63) is 240 Å². The van der Waals surface area contributed by atoms with E-state index in [9.17, 15) is 0 Å². The molecule has 0 radical (unpaired) electrons. The van der Waals surface area contributed by atoms with Gasteiger partial charge in [-0.25, -0.2) is 0 Å². The van der Waals surface area contributed by atoms with Crippen LogP contribution >= 0.6 is 0 Å². The van der Waals surface area contributed by atoms with Crippen molar-refractivity contribution in [2.45, 2.75) is 76.0 Å². The van der Waals surface area contributed by atoms with E-state index in [1.807, 2.05) is 0 Å². The van der Waals surface area contributed by atoms with E-state index < -0.39 is 0 Å². The lowest BCUT2D eigenvalue weighted by Crippen LogP contribution is -2.55. The van der Waals surface area contributed by atoms with E-state index in [1.165, 1.54) is 143 Å². The Balaban J connectivity index is 0.873. The molecule has 0 amide bonds. The van der Waals surface area contributed by atoms with Crippen LogP contribution in [0.25, 0.3) is 54.9 Å². The Labute approximate surface area is 436 Å². The van der Waals surface area contributed by atoms with Gasteiger partial charge in [0.15, 0.2) is 0 Å². The molecule has 0 aliphatic heterocycles. The van der Waals surface area contributed by atoms with Crippen molar-refractivity contribution in [2.75, 3.05) is 9.80 Å². The predicted octanol–water partition coefficient (Wildman–Crippen LogP) is 19.3. The summed E-state index contributed by atoms with van der Waals surface area (Å²) in [6.07, 6.45) is 6.83. The van der Waals surface area contributed by atoms with Crippen molar-refractivity contribution in [3.63, 3.8) is 0 Å². The molecule has 0 heterocycles. The van der Waals surface area contributed by atoms with Crippen LogP contribution in [0.5, 0.6) is 0 Å². The molecule has 0 aromatic heterocycles. The van der Waals surface area contributed by atoms with Crippen LogP contribution in [0, 0.1) is 23.7 Å². The number of benzene rings is 10. The van der Waals surface area contributed by atoms with Gasteiger partial charge in [-0.1, -0.05) is 149 Å². The zero-order valence-corrected chi connectivity index (χ0v) is 42.9. The van der Waals surface area contributed by atoms with Crippen LogP contribution in [0.15, 0.2) is 206 Å². The minimum Gasteiger partial charge on any atom is -0.310 e. The first-order valence-electron chi connectivity index (χ1n) is 27.5. The van der Waals surface area contributed by atoms with Crippen LogP contribution in [0.2, 0.25) is 0 Å². The summed E-state index contributed by atoms with van der Waals surface area (Å²) in [4.78, 5) is 5.08. The smallest absolute Gasteiger partial charge is 0.0508 e. The molecule has 0 atom stereocenters. The van der Waals surface area contributed by atoms with Crippen molar-refractivity contribution in [1.82, 2.24) is 0 Å². The molecule has 17 rings (SSSR count). The number of para-hydroxylation sites is 2. The number of hydrogen-bond donors (Lipinski definition) is 0. The normalized spacial score (nSPS) is 21.0. The number of anilines is 6. The molecule has 1 spiro atoms. The van der Waals surface area contributed by atoms with Crippen LogP contribution in [0.4, 0.5) is 34.1 Å². The summed E-state index contributed by atoms with van der Waals surface area (Å²) in [7, 11) is 0. The first-order valence-corrected chi connectivity index (χ1v) is 27.5. The molecule has 7 aliphatic carbocycles. The maximum absolute atomic E-state index is 2.69. The molecule has 74 heavy (non-hydrogen) atoms. The Hall–Kier alpha value is -7.68. The highest BCUT2D eigenvalue weighted by Gasteiger charge is 2.61. The zero-order valence-electron chi connectivity index (χ0n) is 42.9. The van der Waals surface area contributed by atoms with Gasteiger partial charge in [-0.05, 0) is 229 Å². The minimum atomic E-state index is -0.153. The molecule has 4 saturated carbocycles. The lowest BCUT2D eigenvalue weighted by atomic mass is 9.43. The van der Waals surface area contributed by atoms with Crippen molar-refractivity contribution < 1.29 is 0 Å². The lowest BCUT2D eigenvalue weighted by molar-refractivity contribution is -0.0398. The van der Waals surface area contributed by atoms with Gasteiger partial charge in [-0.3, -0.25) is 0 Å². The highest BCUT2D eigenvalue weighted by atomic mass is 15.2. The van der Waals surface area contributed by atoms with Gasteiger partial charge in [0.25, 0.3) is 0 Å². The molecule has 7 aliphatic rings. The van der Waals surface area contributed by atoms with Gasteiger partial charge in [0.05, 0.1) is 11.4 Å². The summed E-state index contributed by atoms with van der Waals surface area (Å²) in [6.45, 7) is 9.64. The SMILES string of the molecule is CC1(C)c2ccccc2-c2cccc(N(c3ccccc3)c3ccc4cc5c(cc4c3)C3(c4cc6cc(N(c7ccccc7)c7cccc8c7C(C)(C)c7ccccc7-8)ccc6cc4-5)C4CC5CC(C4)CC3C5)c21. The average Bonchev–Trinajstić information content (AvgIpc) is 3.95. The fourth-order valence-corrected chi connectivity index (χ4v) is 17.0. The summed E-state index contributed by atoms with van der Waals surface area (Å²) in [5, 5.41) is 5.30. The number of rotatable bonds is 6. The second-order valence-electron chi connectivity index (χ2n) is 24.1. The molecule has 0 unspecified atom stereocenters. The summed E-state index contributed by atoms with van der Waals surface area (Å²) >= 11 is 0. The van der Waals surface area contributed by atoms with Gasteiger partial charge in [-0.2, -0.15) is 0 Å². The van der Waals surface area contributed by atoms with E-state index in [0.29, 0.717) is 11.8 Å². The predicted molar refractivity (Wildman–Crippen MR) is 309 cm³/mol. The third-order valence-electron chi connectivity index (χ3n) is 19.7. The molecule has 0 saturated heterocycles. The molecule has 0 N–H and O–H groups in total. The van der Waals surface area contributed by atoms with Gasteiger partial charge in [0.2, 0.25) is 0 Å². The molecule has 2 heteroatoms. The van der Waals surface area contributed by atoms with Gasteiger partial charge < -0.3 is 9.80 Å². The molecule has 10 aromatic carbocycles. The van der Waals surface area contributed by atoms with E-state index in [4.69, 9.17) is 0 Å². The van der Waals surface area contributed by atoms with Gasteiger partial charge >= 0.3 is 0 Å². The van der Waals surface area contributed by atoms with Crippen molar-refractivity contribution in [3.8, 4) is 33.4 Å². The van der Waals surface area contributed by atoms with E-state index in [0.717, 1.165) is 11.8 Å². The molecule has 358 valence electrons. The van der Waals surface area contributed by atoms with Crippen LogP contribution in [-0.2, 0) is 16.2 Å². The van der Waals surface area contributed by atoms with E-state index in [2.05, 4.69) is 244 Å². The monoisotopic (exact) mass is 952 g/mol. The third-order valence-corrected chi connectivity index (χ3v) is 19.7. The van der Waals surface area contributed by atoms with Gasteiger partial charge in [-0.15, -0.1) is 0 Å². The molecule has 4 fully saturated rings. The highest BCUT2D eigenvalue weighted by Crippen LogP contribution is 2.70. The summed E-state index contributed by atoms with van der Waals surface area (Å²) in [6, 6.07) is 79.3. The first-order chi connectivity index (χ1) is 36.2. The summed E-state index contributed by atoms with van der Waals surface area (Å²) < 4.78 is 0. The molecule has 4 bridgehead atoms. The molecular weight excluding hydrogens is 893 g/mol. The summed E-state index contributed by atoms with van der Waals surface area (Å²) in [5.41, 5.74) is 24.1. The van der Waals surface area contributed by atoms with E-state index in [1.54, 1.807) is 11.1 Å². The second-order valence-corrected chi connectivity index (χ2v) is 24.1. The fourth-order valence-electron chi connectivity index (χ4n) is 17.0. The second kappa shape index (κ2) is 15.2. The maximum Gasteiger partial charge on any atom is 0.0508 e. The van der Waals surface area contributed by atoms with E-state index in [-0.39, 0.29) is 16.2 Å². The van der Waals surface area contributed by atoms with E-state index >= 15 is 0 Å². The van der Waals surface area contributed by atoms with Gasteiger partial charge in [0.1, 0.15) is 0 Å². The Bertz CT molecular complexity index is 3720. The average molecular weight is 953 g/mol. The van der Waals surface area contributed by atoms with Gasteiger partial charge in [0, 0.05) is 39.0 Å². The van der Waals surface area contributed by atoms with Crippen molar-refractivity contribution in [1.29, 1.82) is 0 Å². The van der Waals surface area contributed by atoms with Crippen LogP contribution in [0.1, 0.15) is 93.2 Å². The fraction of sp³-hybridized carbons (Fsp3) is 0.222. The molecular formula is C72H60N2. The van der Waals surface area contributed by atoms with Crippen LogP contribution in [-0.4, -0.2) is 0 Å². The van der Waals surface area contributed by atoms with Crippen molar-refractivity contribution >= 4 is 55.7 Å². The Morgan fingerprint density at radius 2 is 0.716 bits per heavy atom. The Morgan fingerprint density at radius 1 is 0.311 bits per heavy atom. The summed E-state index contributed by atoms with van der Waals surface area (Å²) in [5.74, 6) is 3.01. The van der Waals surface area contributed by atoms with Crippen molar-refractivity contribution in [2.24, 2.45) is 23.7 Å². The molecule has 2 nitrogen and oxygen atoms in total. The first kappa shape index (κ1) is 42.8. The largest absolute Gasteiger partial charge is 0.310 e. The van der Waals surface area contributed by atoms with Crippen LogP contribution in [0.3, 0.4) is 0 Å². The maximum atomic E-state index is 2.69. The number of nitrogens with zero attached hydrogens (tertiary/aromatic N) is 2. The Morgan fingerprint density at radius 3 is 1.16 bits per heavy atom. The highest BCUT2D eigenvalue weighted by molar-refractivity contribution is 6.02.